The summed E-state index contributed by atoms with van der Waals surface area (Å²) in [5.74, 6) is 0.585. The first kappa shape index (κ1) is 22.6. The van der Waals surface area contributed by atoms with Gasteiger partial charge in [-0.3, -0.25) is 5.32 Å². The van der Waals surface area contributed by atoms with E-state index in [0.717, 1.165) is 45.3 Å². The van der Waals surface area contributed by atoms with Gasteiger partial charge in [0.2, 0.25) is 0 Å². The lowest BCUT2D eigenvalue weighted by Gasteiger charge is -2.24. The van der Waals surface area contributed by atoms with Crippen molar-refractivity contribution < 1.29 is 9.53 Å². The van der Waals surface area contributed by atoms with Gasteiger partial charge in [0, 0.05) is 15.6 Å². The SMILES string of the molecule is CC(C)c1cccc(C(C)C)c1NC(=O)OC1c2ccccc2CCc2cc(Br)ccc21. The van der Waals surface area contributed by atoms with Crippen molar-refractivity contribution in [3.8, 4) is 0 Å². The zero-order valence-corrected chi connectivity index (χ0v) is 20.7. The molecule has 0 spiro atoms. The highest BCUT2D eigenvalue weighted by Crippen LogP contribution is 2.37. The average Bonchev–Trinajstić information content (AvgIpc) is 2.90. The van der Waals surface area contributed by atoms with Gasteiger partial charge in [0.1, 0.15) is 0 Å². The van der Waals surface area contributed by atoms with Gasteiger partial charge in [0.05, 0.1) is 5.69 Å². The zero-order valence-electron chi connectivity index (χ0n) is 19.1. The van der Waals surface area contributed by atoms with Gasteiger partial charge in [-0.25, -0.2) is 4.79 Å². The molecule has 166 valence electrons. The number of anilines is 1. The van der Waals surface area contributed by atoms with E-state index in [9.17, 15) is 4.79 Å². The molecule has 4 heteroatoms. The molecular formula is C28H30BrNO2. The van der Waals surface area contributed by atoms with Crippen molar-refractivity contribution in [2.45, 2.75) is 58.5 Å². The molecule has 0 radical (unpaired) electrons. The Morgan fingerprint density at radius 1 is 0.875 bits per heavy atom. The van der Waals surface area contributed by atoms with Crippen LogP contribution in [0.4, 0.5) is 10.5 Å². The number of nitrogens with one attached hydrogen (secondary N) is 1. The number of carbonyl (C=O) groups is 1. The number of para-hydroxylation sites is 1. The largest absolute Gasteiger partial charge is 0.436 e. The van der Waals surface area contributed by atoms with Crippen molar-refractivity contribution in [1.82, 2.24) is 0 Å². The Morgan fingerprint density at radius 2 is 1.50 bits per heavy atom. The molecule has 1 unspecified atom stereocenters. The number of hydrogen-bond acceptors (Lipinski definition) is 2. The molecule has 0 aliphatic heterocycles. The van der Waals surface area contributed by atoms with Crippen LogP contribution in [0.2, 0.25) is 0 Å². The number of aryl methyl sites for hydroxylation is 2. The van der Waals surface area contributed by atoms with Crippen molar-refractivity contribution in [2.75, 3.05) is 5.32 Å². The molecule has 0 aromatic heterocycles. The van der Waals surface area contributed by atoms with Crippen LogP contribution in [-0.4, -0.2) is 6.09 Å². The molecule has 3 aromatic carbocycles. The van der Waals surface area contributed by atoms with E-state index in [1.807, 2.05) is 12.1 Å². The molecule has 0 bridgehead atoms. The highest BCUT2D eigenvalue weighted by molar-refractivity contribution is 9.10. The fraction of sp³-hybridized carbons (Fsp3) is 0.321. The molecule has 1 atom stereocenters. The lowest BCUT2D eigenvalue weighted by atomic mass is 9.93. The van der Waals surface area contributed by atoms with Gasteiger partial charge in [-0.15, -0.1) is 0 Å². The summed E-state index contributed by atoms with van der Waals surface area (Å²) < 4.78 is 7.21. The number of hydrogen-bond donors (Lipinski definition) is 1. The first-order valence-corrected chi connectivity index (χ1v) is 12.1. The van der Waals surface area contributed by atoms with Gasteiger partial charge in [-0.1, -0.05) is 92.2 Å². The van der Waals surface area contributed by atoms with Crippen LogP contribution >= 0.6 is 15.9 Å². The van der Waals surface area contributed by atoms with Crippen LogP contribution in [0.15, 0.2) is 65.1 Å². The molecule has 3 aromatic rings. The third-order valence-electron chi connectivity index (χ3n) is 6.21. The Kier molecular flexibility index (Phi) is 6.71. The van der Waals surface area contributed by atoms with Gasteiger partial charge in [0.25, 0.3) is 0 Å². The standard InChI is InChI=1S/C28H30BrNO2/c1-17(2)22-10-7-11-23(18(3)4)26(22)30-28(31)32-27-24-9-6-5-8-19(24)12-13-20-16-21(29)14-15-25(20)27/h5-11,14-18,27H,12-13H2,1-4H3,(H,30,31). The van der Waals surface area contributed by atoms with Crippen molar-refractivity contribution in [3.63, 3.8) is 0 Å². The maximum atomic E-state index is 13.3. The van der Waals surface area contributed by atoms with E-state index in [2.05, 4.69) is 97.5 Å². The average molecular weight is 492 g/mol. The fourth-order valence-corrected chi connectivity index (χ4v) is 4.97. The van der Waals surface area contributed by atoms with Gasteiger partial charge in [-0.05, 0) is 59.1 Å². The number of ether oxygens (including phenoxy) is 1. The third kappa shape index (κ3) is 4.61. The molecule has 0 fully saturated rings. The summed E-state index contributed by atoms with van der Waals surface area (Å²) in [6.45, 7) is 8.58. The highest BCUT2D eigenvalue weighted by Gasteiger charge is 2.28. The minimum absolute atomic E-state index is 0.292. The van der Waals surface area contributed by atoms with Crippen LogP contribution in [0.3, 0.4) is 0 Å². The maximum absolute atomic E-state index is 13.3. The number of benzene rings is 3. The molecule has 0 saturated heterocycles. The van der Waals surface area contributed by atoms with Gasteiger partial charge in [0.15, 0.2) is 6.10 Å². The topological polar surface area (TPSA) is 38.3 Å². The molecule has 3 nitrogen and oxygen atoms in total. The van der Waals surface area contributed by atoms with Crippen LogP contribution in [0.5, 0.6) is 0 Å². The maximum Gasteiger partial charge on any atom is 0.412 e. The lowest BCUT2D eigenvalue weighted by molar-refractivity contribution is 0.130. The third-order valence-corrected chi connectivity index (χ3v) is 6.71. The normalized spacial score (nSPS) is 15.2. The van der Waals surface area contributed by atoms with E-state index in [0.29, 0.717) is 11.8 Å². The number of fused-ring (bicyclic) bond motifs is 2. The summed E-state index contributed by atoms with van der Waals surface area (Å²) in [5, 5.41) is 3.11. The number of halogens is 1. The predicted molar refractivity (Wildman–Crippen MR) is 135 cm³/mol. The van der Waals surface area contributed by atoms with Crippen molar-refractivity contribution in [2.24, 2.45) is 0 Å². The second-order valence-corrected chi connectivity index (χ2v) is 9.99. The Hall–Kier alpha value is -2.59. The number of rotatable bonds is 4. The monoisotopic (exact) mass is 491 g/mol. The van der Waals surface area contributed by atoms with Crippen molar-refractivity contribution >= 4 is 27.7 Å². The van der Waals surface area contributed by atoms with E-state index in [1.54, 1.807) is 0 Å². The second kappa shape index (κ2) is 9.50. The Bertz CT molecular complexity index is 1110. The lowest BCUT2D eigenvalue weighted by Crippen LogP contribution is -2.21. The summed E-state index contributed by atoms with van der Waals surface area (Å²) in [4.78, 5) is 13.3. The fourth-order valence-electron chi connectivity index (χ4n) is 4.56. The molecule has 0 saturated carbocycles. The summed E-state index contributed by atoms with van der Waals surface area (Å²) in [6.07, 6.45) is 0.983. The van der Waals surface area contributed by atoms with Gasteiger partial charge < -0.3 is 4.74 Å². The molecule has 1 amide bonds. The summed E-state index contributed by atoms with van der Waals surface area (Å²) in [5.41, 5.74) is 7.67. The quantitative estimate of drug-likeness (QED) is 0.399. The van der Waals surface area contributed by atoms with Crippen molar-refractivity contribution in [3.05, 3.63) is 98.5 Å². The molecule has 1 N–H and O–H groups in total. The van der Waals surface area contributed by atoms with E-state index in [1.165, 1.54) is 11.1 Å². The predicted octanol–water partition coefficient (Wildman–Crippen LogP) is 8.13. The second-order valence-electron chi connectivity index (χ2n) is 9.07. The molecule has 1 aliphatic rings. The Labute approximate surface area is 199 Å². The van der Waals surface area contributed by atoms with Gasteiger partial charge >= 0.3 is 6.09 Å². The first-order valence-electron chi connectivity index (χ1n) is 11.3. The summed E-state index contributed by atoms with van der Waals surface area (Å²) >= 11 is 3.59. The Morgan fingerprint density at radius 3 is 2.19 bits per heavy atom. The summed E-state index contributed by atoms with van der Waals surface area (Å²) in [7, 11) is 0. The van der Waals surface area contributed by atoms with Crippen LogP contribution in [0.1, 0.15) is 79.0 Å². The smallest absolute Gasteiger partial charge is 0.412 e. The van der Waals surface area contributed by atoms with Crippen LogP contribution < -0.4 is 5.32 Å². The minimum atomic E-state index is -0.439. The van der Waals surface area contributed by atoms with E-state index in [4.69, 9.17) is 4.74 Å². The molecule has 4 rings (SSSR count). The molecular weight excluding hydrogens is 462 g/mol. The summed E-state index contributed by atoms with van der Waals surface area (Å²) in [6, 6.07) is 20.7. The number of carbonyl (C=O) groups excluding carboxylic acids is 1. The first-order chi connectivity index (χ1) is 15.3. The van der Waals surface area contributed by atoms with Crippen molar-refractivity contribution in [1.29, 1.82) is 0 Å². The van der Waals surface area contributed by atoms with E-state index in [-0.39, 0.29) is 0 Å². The highest BCUT2D eigenvalue weighted by atomic mass is 79.9. The molecule has 1 aliphatic carbocycles. The van der Waals surface area contributed by atoms with Gasteiger partial charge in [-0.2, -0.15) is 0 Å². The van der Waals surface area contributed by atoms with Crippen LogP contribution in [-0.2, 0) is 17.6 Å². The molecule has 32 heavy (non-hydrogen) atoms. The van der Waals surface area contributed by atoms with E-state index < -0.39 is 12.2 Å². The van der Waals surface area contributed by atoms with Crippen LogP contribution in [0, 0.1) is 0 Å². The number of amides is 1. The Balaban J connectivity index is 1.71. The molecule has 0 heterocycles. The zero-order chi connectivity index (χ0) is 22.8. The van der Waals surface area contributed by atoms with E-state index >= 15 is 0 Å². The minimum Gasteiger partial charge on any atom is -0.436 e. The van der Waals surface area contributed by atoms with Crippen LogP contribution in [0.25, 0.3) is 0 Å².